The van der Waals surface area contributed by atoms with E-state index in [9.17, 15) is 19.8 Å². The summed E-state index contributed by atoms with van der Waals surface area (Å²) in [6.45, 7) is 7.53. The van der Waals surface area contributed by atoms with Gasteiger partial charge in [-0.1, -0.05) is 27.7 Å². The maximum atomic E-state index is 12.8. The fraction of sp³-hybridized carbons (Fsp3) is 0.364. The van der Waals surface area contributed by atoms with Gasteiger partial charge in [0.1, 0.15) is 11.5 Å². The first kappa shape index (κ1) is 19.7. The van der Waals surface area contributed by atoms with Crippen LogP contribution in [0.25, 0.3) is 0 Å². The molecule has 1 saturated carbocycles. The molecule has 3 rings (SSSR count). The smallest absolute Gasteiger partial charge is 0.341 e. The van der Waals surface area contributed by atoms with Crippen molar-refractivity contribution in [2.24, 2.45) is 10.8 Å². The lowest BCUT2D eigenvalue weighted by Crippen LogP contribution is -2.70. The molecule has 0 bridgehead atoms. The van der Waals surface area contributed by atoms with Crippen LogP contribution < -0.4 is 0 Å². The highest BCUT2D eigenvalue weighted by atomic mass is 16.7. The van der Waals surface area contributed by atoms with Crippen molar-refractivity contribution in [3.8, 4) is 11.5 Å². The monoisotopic (exact) mass is 384 g/mol. The largest absolute Gasteiger partial charge is 0.508 e. The highest BCUT2D eigenvalue weighted by Crippen LogP contribution is 2.64. The Morgan fingerprint density at radius 1 is 0.714 bits per heavy atom. The molecule has 0 aliphatic heterocycles. The molecule has 2 aromatic carbocycles. The lowest BCUT2D eigenvalue weighted by atomic mass is 9.50. The third-order valence-electron chi connectivity index (χ3n) is 5.34. The number of phenolic OH excluding ortho intramolecular Hbond substituents is 2. The van der Waals surface area contributed by atoms with Gasteiger partial charge >= 0.3 is 11.9 Å². The van der Waals surface area contributed by atoms with Crippen molar-refractivity contribution in [3.05, 3.63) is 59.7 Å². The predicted octanol–water partition coefficient (Wildman–Crippen LogP) is 4.26. The van der Waals surface area contributed by atoms with Gasteiger partial charge in [-0.2, -0.15) is 0 Å². The average Bonchev–Trinajstić information content (AvgIpc) is 2.61. The predicted molar refractivity (Wildman–Crippen MR) is 102 cm³/mol. The third kappa shape index (κ3) is 3.19. The average molecular weight is 384 g/mol. The van der Waals surface area contributed by atoms with Gasteiger partial charge in [-0.05, 0) is 55.0 Å². The zero-order valence-electron chi connectivity index (χ0n) is 16.4. The van der Waals surface area contributed by atoms with Crippen molar-refractivity contribution < 1.29 is 29.3 Å². The fourth-order valence-corrected chi connectivity index (χ4v) is 4.29. The number of hydrogen-bond acceptors (Lipinski definition) is 6. The van der Waals surface area contributed by atoms with Crippen LogP contribution in [0, 0.1) is 10.8 Å². The van der Waals surface area contributed by atoms with Crippen LogP contribution in [-0.2, 0) is 9.47 Å². The summed E-state index contributed by atoms with van der Waals surface area (Å²) >= 11 is 0. The SMILES string of the molecule is CC1(C)CC(C)(C)C1(OC(=O)c1ccc(O)cc1)OC(=O)c1ccc(O)cc1. The molecular weight excluding hydrogens is 360 g/mol. The number of rotatable bonds is 4. The summed E-state index contributed by atoms with van der Waals surface area (Å²) < 4.78 is 11.7. The van der Waals surface area contributed by atoms with Crippen molar-refractivity contribution in [1.29, 1.82) is 0 Å². The van der Waals surface area contributed by atoms with Crippen LogP contribution in [0.4, 0.5) is 0 Å². The quantitative estimate of drug-likeness (QED) is 0.604. The van der Waals surface area contributed by atoms with E-state index in [1.807, 2.05) is 27.7 Å². The van der Waals surface area contributed by atoms with Crippen LogP contribution in [0.5, 0.6) is 11.5 Å². The summed E-state index contributed by atoms with van der Waals surface area (Å²) in [6, 6.07) is 11.4. The Balaban J connectivity index is 1.93. The molecule has 28 heavy (non-hydrogen) atoms. The molecule has 6 heteroatoms. The lowest BCUT2D eigenvalue weighted by Gasteiger charge is -2.63. The van der Waals surface area contributed by atoms with Crippen molar-refractivity contribution in [1.82, 2.24) is 0 Å². The molecule has 1 fully saturated rings. The number of benzene rings is 2. The van der Waals surface area contributed by atoms with Gasteiger partial charge in [0, 0.05) is 10.8 Å². The zero-order chi connectivity index (χ0) is 20.7. The maximum absolute atomic E-state index is 12.8. The Labute approximate surface area is 163 Å². The summed E-state index contributed by atoms with van der Waals surface area (Å²) in [5, 5.41) is 18.8. The number of carbonyl (C=O) groups is 2. The van der Waals surface area contributed by atoms with E-state index in [4.69, 9.17) is 9.47 Å². The number of aromatic hydroxyl groups is 2. The molecule has 2 aromatic rings. The van der Waals surface area contributed by atoms with Gasteiger partial charge in [0.2, 0.25) is 0 Å². The molecule has 2 N–H and O–H groups in total. The summed E-state index contributed by atoms with van der Waals surface area (Å²) in [5.74, 6) is -2.67. The molecule has 1 aliphatic rings. The minimum Gasteiger partial charge on any atom is -0.508 e. The van der Waals surface area contributed by atoms with Crippen LogP contribution in [0.2, 0.25) is 0 Å². The number of hydrogen-bond donors (Lipinski definition) is 2. The molecule has 0 radical (unpaired) electrons. The molecule has 0 heterocycles. The molecule has 0 amide bonds. The number of carbonyl (C=O) groups excluding carboxylic acids is 2. The van der Waals surface area contributed by atoms with E-state index in [0.29, 0.717) is 6.42 Å². The third-order valence-corrected chi connectivity index (χ3v) is 5.34. The Kier molecular flexibility index (Phi) is 4.61. The maximum Gasteiger partial charge on any atom is 0.341 e. The normalized spacial score (nSPS) is 18.6. The Morgan fingerprint density at radius 2 is 1.04 bits per heavy atom. The first-order valence-corrected chi connectivity index (χ1v) is 9.02. The van der Waals surface area contributed by atoms with E-state index in [2.05, 4.69) is 0 Å². The van der Waals surface area contributed by atoms with Gasteiger partial charge in [-0.3, -0.25) is 0 Å². The molecule has 0 saturated heterocycles. The van der Waals surface area contributed by atoms with Crippen LogP contribution in [0.15, 0.2) is 48.5 Å². The van der Waals surface area contributed by atoms with Gasteiger partial charge in [-0.15, -0.1) is 0 Å². The molecule has 148 valence electrons. The molecular formula is C22H24O6. The lowest BCUT2D eigenvalue weighted by molar-refractivity contribution is -0.358. The number of ether oxygens (including phenoxy) is 2. The standard InChI is InChI=1S/C22H24O6/c1-20(2)13-21(3,4)22(20,27-18(25)14-5-9-16(23)10-6-14)28-19(26)15-7-11-17(24)12-8-15/h5-12,23-24H,13H2,1-4H3. The second-order valence-electron chi connectivity index (χ2n) is 8.43. The van der Waals surface area contributed by atoms with Gasteiger partial charge in [0.25, 0.3) is 5.79 Å². The first-order chi connectivity index (χ1) is 13.0. The highest BCUT2D eigenvalue weighted by molar-refractivity contribution is 5.92. The van der Waals surface area contributed by atoms with Gasteiger partial charge < -0.3 is 19.7 Å². The first-order valence-electron chi connectivity index (χ1n) is 9.02. The van der Waals surface area contributed by atoms with Crippen LogP contribution >= 0.6 is 0 Å². The van der Waals surface area contributed by atoms with Crippen molar-refractivity contribution in [2.75, 3.05) is 0 Å². The molecule has 1 aliphatic carbocycles. The summed E-state index contributed by atoms with van der Waals surface area (Å²) in [7, 11) is 0. The Hall–Kier alpha value is -3.02. The fourth-order valence-electron chi connectivity index (χ4n) is 4.29. The Bertz CT molecular complexity index is 818. The van der Waals surface area contributed by atoms with E-state index in [-0.39, 0.29) is 22.6 Å². The van der Waals surface area contributed by atoms with E-state index in [1.165, 1.54) is 48.5 Å². The van der Waals surface area contributed by atoms with E-state index >= 15 is 0 Å². The molecule has 0 spiro atoms. The van der Waals surface area contributed by atoms with E-state index in [0.717, 1.165) is 0 Å². The van der Waals surface area contributed by atoms with Crippen LogP contribution in [0.3, 0.4) is 0 Å². The number of phenols is 2. The Morgan fingerprint density at radius 3 is 1.32 bits per heavy atom. The van der Waals surface area contributed by atoms with E-state index in [1.54, 1.807) is 0 Å². The van der Waals surface area contributed by atoms with Crippen molar-refractivity contribution >= 4 is 11.9 Å². The van der Waals surface area contributed by atoms with Crippen LogP contribution in [-0.4, -0.2) is 27.9 Å². The zero-order valence-corrected chi connectivity index (χ0v) is 16.4. The van der Waals surface area contributed by atoms with Gasteiger partial charge in [-0.25, -0.2) is 9.59 Å². The topological polar surface area (TPSA) is 93.1 Å². The van der Waals surface area contributed by atoms with E-state index < -0.39 is 28.6 Å². The molecule has 6 nitrogen and oxygen atoms in total. The van der Waals surface area contributed by atoms with Crippen LogP contribution in [0.1, 0.15) is 54.8 Å². The number of esters is 2. The minimum atomic E-state index is -1.47. The van der Waals surface area contributed by atoms with Gasteiger partial charge in [0.05, 0.1) is 11.1 Å². The molecule has 0 aromatic heterocycles. The van der Waals surface area contributed by atoms with Crippen molar-refractivity contribution in [3.63, 3.8) is 0 Å². The second-order valence-corrected chi connectivity index (χ2v) is 8.43. The molecule has 0 unspecified atom stereocenters. The summed E-state index contributed by atoms with van der Waals surface area (Å²) in [5.41, 5.74) is -0.710. The van der Waals surface area contributed by atoms with Gasteiger partial charge in [0.15, 0.2) is 0 Å². The highest BCUT2D eigenvalue weighted by Gasteiger charge is 2.72. The summed E-state index contributed by atoms with van der Waals surface area (Å²) in [6.07, 6.45) is 0.686. The second kappa shape index (κ2) is 6.55. The molecule has 0 atom stereocenters. The minimum absolute atomic E-state index is 0.0364. The summed E-state index contributed by atoms with van der Waals surface area (Å²) in [4.78, 5) is 25.5. The van der Waals surface area contributed by atoms with Crippen molar-refractivity contribution in [2.45, 2.75) is 39.9 Å².